The number of allylic oxidation sites excluding steroid dienone is 1. The first kappa shape index (κ1) is 38.0. The number of hydrogen-bond acceptors (Lipinski definition) is 10. The van der Waals surface area contributed by atoms with Crippen LogP contribution in [-0.4, -0.2) is 98.8 Å². The molecule has 2 heterocycles. The molecule has 0 unspecified atom stereocenters. The topological polar surface area (TPSA) is 182 Å². The van der Waals surface area contributed by atoms with E-state index in [4.69, 9.17) is 14.2 Å². The Labute approximate surface area is 299 Å². The largest absolute Gasteiger partial charge is 0.497 e. The molecule has 0 spiro atoms. The summed E-state index contributed by atoms with van der Waals surface area (Å²) in [5, 5.41) is 6.48. The number of likely N-dealkylation sites (tertiary alicyclic amines) is 1. The first-order chi connectivity index (χ1) is 24.0. The molecule has 4 amide bonds. The number of ketones is 1. The maximum absolute atomic E-state index is 14.5. The number of urea groups is 1. The lowest BCUT2D eigenvalue weighted by Crippen LogP contribution is -2.59. The van der Waals surface area contributed by atoms with Crippen LogP contribution in [0.25, 0.3) is 10.8 Å². The Balaban J connectivity index is 1.43. The van der Waals surface area contributed by atoms with Gasteiger partial charge in [-0.1, -0.05) is 26.8 Å². The second kappa shape index (κ2) is 14.8. The summed E-state index contributed by atoms with van der Waals surface area (Å²) in [6, 6.07) is 4.28. The van der Waals surface area contributed by atoms with Gasteiger partial charge in [-0.15, -0.1) is 6.58 Å². The van der Waals surface area contributed by atoms with Crippen molar-refractivity contribution in [2.45, 2.75) is 89.3 Å². The van der Waals surface area contributed by atoms with Gasteiger partial charge in [-0.2, -0.15) is 0 Å². The van der Waals surface area contributed by atoms with Crippen molar-refractivity contribution in [2.75, 3.05) is 27.4 Å². The molecule has 0 bridgehead atoms. The second-order valence-corrected chi connectivity index (χ2v) is 16.9. The van der Waals surface area contributed by atoms with E-state index in [1.54, 1.807) is 32.4 Å². The second-order valence-electron chi connectivity index (χ2n) is 15.0. The third-order valence-electron chi connectivity index (χ3n) is 9.87. The Morgan fingerprint density at radius 1 is 1.14 bits per heavy atom. The number of carbonyl (C=O) groups excluding carboxylic acids is 4. The van der Waals surface area contributed by atoms with Gasteiger partial charge < -0.3 is 29.7 Å². The number of benzene rings is 1. The third-order valence-corrected chi connectivity index (χ3v) is 11.7. The molecular formula is C36H49N5O9S. The van der Waals surface area contributed by atoms with Crippen LogP contribution in [0.3, 0.4) is 0 Å². The number of pyridine rings is 1. The van der Waals surface area contributed by atoms with Crippen LogP contribution in [0.5, 0.6) is 11.6 Å². The van der Waals surface area contributed by atoms with Crippen molar-refractivity contribution >= 4 is 44.4 Å². The Hall–Kier alpha value is -4.24. The first-order valence-corrected chi connectivity index (χ1v) is 18.7. The van der Waals surface area contributed by atoms with Crippen molar-refractivity contribution in [2.24, 2.45) is 16.7 Å². The van der Waals surface area contributed by atoms with Gasteiger partial charge in [0, 0.05) is 31.5 Å². The van der Waals surface area contributed by atoms with E-state index < -0.39 is 73.8 Å². The normalized spacial score (nSPS) is 24.3. The highest BCUT2D eigenvalue weighted by molar-refractivity contribution is 7.90. The van der Waals surface area contributed by atoms with Crippen molar-refractivity contribution in [3.63, 3.8) is 0 Å². The Bertz CT molecular complexity index is 1790. The van der Waals surface area contributed by atoms with E-state index in [2.05, 4.69) is 26.9 Å². The highest BCUT2D eigenvalue weighted by Crippen LogP contribution is 2.57. The molecule has 5 rings (SSSR count). The Morgan fingerprint density at radius 2 is 1.86 bits per heavy atom. The highest BCUT2D eigenvalue weighted by Gasteiger charge is 2.61. The van der Waals surface area contributed by atoms with E-state index in [9.17, 15) is 27.6 Å². The Kier molecular flexibility index (Phi) is 11.0. The molecule has 51 heavy (non-hydrogen) atoms. The third kappa shape index (κ3) is 8.46. The Morgan fingerprint density at radius 3 is 2.47 bits per heavy atom. The SMILES string of the molecule is C=C[C@@H]1C[C@]1(CC(=O)[C@@H]1C[C@@H](Oc2nccc3cc(OC)ccc23)CN1C(=O)[C@@H](NC(=O)N[C@@H](C)COC)C(C)(C)C)C(=O)NS(=O)(=O)C1CC1. The molecule has 1 aliphatic heterocycles. The minimum atomic E-state index is -3.86. The van der Waals surface area contributed by atoms with E-state index in [0.29, 0.717) is 29.9 Å². The molecule has 1 saturated heterocycles. The number of aromatic nitrogens is 1. The van der Waals surface area contributed by atoms with Crippen molar-refractivity contribution in [3.05, 3.63) is 43.1 Å². The first-order valence-electron chi connectivity index (χ1n) is 17.2. The number of methoxy groups -OCH3 is 2. The molecule has 0 radical (unpaired) electrons. The van der Waals surface area contributed by atoms with Crippen LogP contribution in [0.15, 0.2) is 43.1 Å². The van der Waals surface area contributed by atoms with Crippen LogP contribution in [0.1, 0.15) is 59.8 Å². The standard InChI is InChI=1S/C36H49N5O9S/c1-8-23-17-36(23,33(44)40-51(46,47)26-10-11-26)18-29(42)28-16-25(50-31-27-12-9-24(49-7)15-22(27)13-14-37-31)19-41(28)32(43)30(35(3,4)5)39-34(45)38-21(2)20-48-6/h8-9,12-15,21,23,25-26,28,30H,1,10-11,16-20H2,2-7H3,(H,40,44)(H2,38,39,45)/t21-,23+,25+,28-,30+,36+/m0/s1. The van der Waals surface area contributed by atoms with Crippen molar-refractivity contribution in [3.8, 4) is 11.6 Å². The molecule has 1 aromatic heterocycles. The number of Topliss-reactive ketones (excluding diaryl/α,β-unsaturated/α-hetero) is 1. The molecule has 15 heteroatoms. The predicted molar refractivity (Wildman–Crippen MR) is 190 cm³/mol. The van der Waals surface area contributed by atoms with E-state index in [1.165, 1.54) is 12.0 Å². The zero-order valence-electron chi connectivity index (χ0n) is 30.1. The summed E-state index contributed by atoms with van der Waals surface area (Å²) in [6.07, 6.45) is 3.48. The van der Waals surface area contributed by atoms with Gasteiger partial charge in [0.15, 0.2) is 5.78 Å². The molecule has 3 fully saturated rings. The lowest BCUT2D eigenvalue weighted by atomic mass is 9.85. The maximum Gasteiger partial charge on any atom is 0.315 e. The number of ether oxygens (including phenoxy) is 3. The van der Waals surface area contributed by atoms with Crippen LogP contribution in [0.4, 0.5) is 4.79 Å². The quantitative estimate of drug-likeness (QED) is 0.231. The number of rotatable bonds is 15. The summed E-state index contributed by atoms with van der Waals surface area (Å²) in [6.45, 7) is 11.3. The van der Waals surface area contributed by atoms with E-state index >= 15 is 0 Å². The van der Waals surface area contributed by atoms with Gasteiger partial charge in [0.2, 0.25) is 27.7 Å². The van der Waals surface area contributed by atoms with Gasteiger partial charge in [-0.3, -0.25) is 19.1 Å². The fourth-order valence-corrected chi connectivity index (χ4v) is 8.13. The lowest BCUT2D eigenvalue weighted by Gasteiger charge is -2.35. The average molecular weight is 728 g/mol. The minimum absolute atomic E-state index is 0.000435. The number of nitrogens with zero attached hydrogens (tertiary/aromatic N) is 2. The van der Waals surface area contributed by atoms with E-state index in [-0.39, 0.29) is 38.5 Å². The van der Waals surface area contributed by atoms with Crippen LogP contribution >= 0.6 is 0 Å². The maximum atomic E-state index is 14.5. The van der Waals surface area contributed by atoms with Gasteiger partial charge in [-0.25, -0.2) is 18.2 Å². The number of hydrogen-bond donors (Lipinski definition) is 3. The molecular weight excluding hydrogens is 678 g/mol. The fourth-order valence-electron chi connectivity index (χ4n) is 6.75. The number of fused-ring (bicyclic) bond motifs is 1. The molecule has 1 aromatic carbocycles. The van der Waals surface area contributed by atoms with Crippen LogP contribution < -0.4 is 24.8 Å². The smallest absolute Gasteiger partial charge is 0.315 e. The summed E-state index contributed by atoms with van der Waals surface area (Å²) in [5.41, 5.74) is -2.08. The number of sulfonamides is 1. The number of carbonyl (C=O) groups is 4. The fraction of sp³-hybridized carbons (Fsp3) is 0.583. The van der Waals surface area contributed by atoms with Gasteiger partial charge in [-0.05, 0) is 67.2 Å². The average Bonchev–Trinajstić information content (AvgIpc) is 3.99. The predicted octanol–water partition coefficient (Wildman–Crippen LogP) is 3.10. The summed E-state index contributed by atoms with van der Waals surface area (Å²) in [7, 11) is -0.766. The number of nitrogens with one attached hydrogen (secondary N) is 3. The molecule has 3 aliphatic rings. The summed E-state index contributed by atoms with van der Waals surface area (Å²) in [5.74, 6) is -1.09. The van der Waals surface area contributed by atoms with E-state index in [0.717, 1.165) is 5.39 Å². The zero-order chi connectivity index (χ0) is 37.3. The van der Waals surface area contributed by atoms with Crippen molar-refractivity contribution < 1.29 is 41.8 Å². The van der Waals surface area contributed by atoms with E-state index in [1.807, 2.05) is 39.0 Å². The van der Waals surface area contributed by atoms with Crippen LogP contribution in [0, 0.1) is 16.7 Å². The van der Waals surface area contributed by atoms with Gasteiger partial charge in [0.1, 0.15) is 17.9 Å². The molecule has 2 aliphatic carbocycles. The van der Waals surface area contributed by atoms with Gasteiger partial charge >= 0.3 is 6.03 Å². The molecule has 2 saturated carbocycles. The molecule has 3 N–H and O–H groups in total. The van der Waals surface area contributed by atoms with Crippen molar-refractivity contribution in [1.82, 2.24) is 25.2 Å². The number of amides is 4. The molecule has 14 nitrogen and oxygen atoms in total. The summed E-state index contributed by atoms with van der Waals surface area (Å²) < 4.78 is 44.5. The summed E-state index contributed by atoms with van der Waals surface area (Å²) in [4.78, 5) is 61.2. The van der Waals surface area contributed by atoms with Crippen LogP contribution in [0.2, 0.25) is 0 Å². The highest BCUT2D eigenvalue weighted by atomic mass is 32.2. The molecule has 278 valence electrons. The van der Waals surface area contributed by atoms with Crippen LogP contribution in [-0.2, 0) is 29.1 Å². The van der Waals surface area contributed by atoms with Gasteiger partial charge in [0.25, 0.3) is 0 Å². The molecule has 2 aromatic rings. The summed E-state index contributed by atoms with van der Waals surface area (Å²) >= 11 is 0. The van der Waals surface area contributed by atoms with Gasteiger partial charge in [0.05, 0.1) is 43.0 Å². The molecule has 6 atom stereocenters. The van der Waals surface area contributed by atoms with Crippen molar-refractivity contribution in [1.29, 1.82) is 0 Å². The zero-order valence-corrected chi connectivity index (χ0v) is 30.9. The minimum Gasteiger partial charge on any atom is -0.497 e. The monoisotopic (exact) mass is 727 g/mol. The lowest BCUT2D eigenvalue weighted by molar-refractivity contribution is -0.142.